The molecular weight excluding hydrogens is 248 g/mol. The van der Waals surface area contributed by atoms with E-state index >= 15 is 0 Å². The van der Waals surface area contributed by atoms with Crippen LogP contribution in [0.25, 0.3) is 0 Å². The summed E-state index contributed by atoms with van der Waals surface area (Å²) >= 11 is 0. The molecule has 0 amide bonds. The van der Waals surface area contributed by atoms with E-state index in [1.165, 1.54) is 24.3 Å². The minimum absolute atomic E-state index is 0.317. The van der Waals surface area contributed by atoms with Crippen LogP contribution in [0.4, 0.5) is 8.78 Å². The fourth-order valence-electron chi connectivity index (χ4n) is 1.91. The Hall–Kier alpha value is -1.78. The topological polar surface area (TPSA) is 35.2 Å². The van der Waals surface area contributed by atoms with Gasteiger partial charge in [0.2, 0.25) is 0 Å². The van der Waals surface area contributed by atoms with Crippen molar-refractivity contribution in [3.8, 4) is 0 Å². The first kappa shape index (κ1) is 13.6. The molecule has 0 heterocycles. The summed E-state index contributed by atoms with van der Waals surface area (Å²) in [7, 11) is 0. The minimum Gasteiger partial charge on any atom is -0.367 e. The SMILES string of the molecule is NCCOC(c1cccc(F)c1)c1cccc(F)c1. The van der Waals surface area contributed by atoms with Crippen molar-refractivity contribution in [3.63, 3.8) is 0 Å². The summed E-state index contributed by atoms with van der Waals surface area (Å²) in [5.74, 6) is -0.703. The van der Waals surface area contributed by atoms with Crippen molar-refractivity contribution in [1.29, 1.82) is 0 Å². The number of benzene rings is 2. The molecule has 0 aliphatic heterocycles. The van der Waals surface area contributed by atoms with Gasteiger partial charge in [-0.2, -0.15) is 0 Å². The molecule has 0 fully saturated rings. The largest absolute Gasteiger partial charge is 0.367 e. The first-order valence-corrected chi connectivity index (χ1v) is 6.03. The highest BCUT2D eigenvalue weighted by Crippen LogP contribution is 2.26. The first-order valence-electron chi connectivity index (χ1n) is 6.03. The van der Waals surface area contributed by atoms with E-state index < -0.39 is 6.10 Å². The zero-order chi connectivity index (χ0) is 13.7. The number of halogens is 2. The summed E-state index contributed by atoms with van der Waals surface area (Å²) in [4.78, 5) is 0. The number of rotatable bonds is 5. The van der Waals surface area contributed by atoms with Crippen LogP contribution in [0.15, 0.2) is 48.5 Å². The summed E-state index contributed by atoms with van der Waals surface area (Å²) in [6.07, 6.45) is -0.519. The number of ether oxygens (including phenoxy) is 1. The van der Waals surface area contributed by atoms with Crippen molar-refractivity contribution in [1.82, 2.24) is 0 Å². The molecule has 19 heavy (non-hydrogen) atoms. The predicted molar refractivity (Wildman–Crippen MR) is 69.6 cm³/mol. The van der Waals surface area contributed by atoms with Gasteiger partial charge in [0.1, 0.15) is 17.7 Å². The highest BCUT2D eigenvalue weighted by molar-refractivity contribution is 5.30. The molecule has 0 aliphatic carbocycles. The second kappa shape index (κ2) is 6.41. The van der Waals surface area contributed by atoms with E-state index in [4.69, 9.17) is 10.5 Å². The van der Waals surface area contributed by atoms with Gasteiger partial charge < -0.3 is 10.5 Å². The van der Waals surface area contributed by atoms with E-state index in [-0.39, 0.29) is 11.6 Å². The van der Waals surface area contributed by atoms with Crippen LogP contribution in [0.5, 0.6) is 0 Å². The van der Waals surface area contributed by atoms with Crippen LogP contribution < -0.4 is 5.73 Å². The molecule has 0 aliphatic rings. The fraction of sp³-hybridized carbons (Fsp3) is 0.200. The van der Waals surface area contributed by atoms with Crippen LogP contribution in [-0.4, -0.2) is 13.2 Å². The molecule has 0 saturated carbocycles. The van der Waals surface area contributed by atoms with E-state index in [0.29, 0.717) is 24.3 Å². The maximum atomic E-state index is 13.3. The molecule has 0 aromatic heterocycles. The van der Waals surface area contributed by atoms with Gasteiger partial charge in [0.25, 0.3) is 0 Å². The lowest BCUT2D eigenvalue weighted by Crippen LogP contribution is -2.14. The van der Waals surface area contributed by atoms with E-state index in [9.17, 15) is 8.78 Å². The zero-order valence-corrected chi connectivity index (χ0v) is 10.4. The average Bonchev–Trinajstić information content (AvgIpc) is 2.39. The smallest absolute Gasteiger partial charge is 0.123 e. The standard InChI is InChI=1S/C15H15F2NO/c16-13-5-1-3-11(9-13)15(19-8-7-18)12-4-2-6-14(17)10-12/h1-6,9-10,15H,7-8,18H2. The Morgan fingerprint density at radius 1 is 0.947 bits per heavy atom. The van der Waals surface area contributed by atoms with Gasteiger partial charge >= 0.3 is 0 Å². The molecule has 4 heteroatoms. The van der Waals surface area contributed by atoms with Crippen molar-refractivity contribution < 1.29 is 13.5 Å². The number of hydrogen-bond acceptors (Lipinski definition) is 2. The van der Waals surface area contributed by atoms with Crippen LogP contribution in [0.3, 0.4) is 0 Å². The van der Waals surface area contributed by atoms with Crippen LogP contribution in [0, 0.1) is 11.6 Å². The van der Waals surface area contributed by atoms with Gasteiger partial charge in [0.15, 0.2) is 0 Å². The maximum absolute atomic E-state index is 13.3. The van der Waals surface area contributed by atoms with Crippen LogP contribution in [0.2, 0.25) is 0 Å². The molecule has 0 radical (unpaired) electrons. The molecule has 100 valence electrons. The van der Waals surface area contributed by atoms with Gasteiger partial charge in [0, 0.05) is 6.54 Å². The Morgan fingerprint density at radius 2 is 1.47 bits per heavy atom. The lowest BCUT2D eigenvalue weighted by atomic mass is 10.0. The van der Waals surface area contributed by atoms with E-state index in [1.807, 2.05) is 0 Å². The molecule has 2 nitrogen and oxygen atoms in total. The molecule has 2 aromatic carbocycles. The van der Waals surface area contributed by atoms with Crippen molar-refractivity contribution in [2.75, 3.05) is 13.2 Å². The lowest BCUT2D eigenvalue weighted by Gasteiger charge is -2.18. The molecular formula is C15H15F2NO. The Kier molecular flexibility index (Phi) is 4.60. The van der Waals surface area contributed by atoms with Crippen molar-refractivity contribution in [2.24, 2.45) is 5.73 Å². The van der Waals surface area contributed by atoms with E-state index in [1.54, 1.807) is 24.3 Å². The van der Waals surface area contributed by atoms with Gasteiger partial charge in [-0.25, -0.2) is 8.78 Å². The second-order valence-corrected chi connectivity index (χ2v) is 4.15. The van der Waals surface area contributed by atoms with E-state index in [0.717, 1.165) is 0 Å². The first-order chi connectivity index (χ1) is 9.20. The third-order valence-electron chi connectivity index (χ3n) is 2.71. The zero-order valence-electron chi connectivity index (χ0n) is 10.4. The second-order valence-electron chi connectivity index (χ2n) is 4.15. The van der Waals surface area contributed by atoms with Crippen LogP contribution >= 0.6 is 0 Å². The fourth-order valence-corrected chi connectivity index (χ4v) is 1.91. The molecule has 0 unspecified atom stereocenters. The lowest BCUT2D eigenvalue weighted by molar-refractivity contribution is 0.0860. The Labute approximate surface area is 110 Å². The Morgan fingerprint density at radius 3 is 1.89 bits per heavy atom. The Bertz CT molecular complexity index is 500. The van der Waals surface area contributed by atoms with Gasteiger partial charge in [-0.1, -0.05) is 24.3 Å². The molecule has 2 rings (SSSR count). The molecule has 2 N–H and O–H groups in total. The van der Waals surface area contributed by atoms with Gasteiger partial charge in [-0.05, 0) is 35.4 Å². The normalized spacial score (nSPS) is 10.9. The molecule has 2 aromatic rings. The summed E-state index contributed by atoms with van der Waals surface area (Å²) in [5.41, 5.74) is 6.70. The van der Waals surface area contributed by atoms with Crippen molar-refractivity contribution in [3.05, 3.63) is 71.3 Å². The highest BCUT2D eigenvalue weighted by atomic mass is 19.1. The highest BCUT2D eigenvalue weighted by Gasteiger charge is 2.15. The molecule has 0 bridgehead atoms. The Balaban J connectivity index is 2.35. The van der Waals surface area contributed by atoms with Gasteiger partial charge in [0.05, 0.1) is 6.61 Å². The monoisotopic (exact) mass is 263 g/mol. The molecule has 0 saturated heterocycles. The summed E-state index contributed by atoms with van der Waals surface area (Å²) < 4.78 is 32.2. The third-order valence-corrected chi connectivity index (χ3v) is 2.71. The van der Waals surface area contributed by atoms with Crippen LogP contribution in [-0.2, 0) is 4.74 Å². The van der Waals surface area contributed by atoms with Crippen molar-refractivity contribution >= 4 is 0 Å². The third kappa shape index (κ3) is 3.59. The van der Waals surface area contributed by atoms with E-state index in [2.05, 4.69) is 0 Å². The number of hydrogen-bond donors (Lipinski definition) is 1. The van der Waals surface area contributed by atoms with Crippen LogP contribution in [0.1, 0.15) is 17.2 Å². The maximum Gasteiger partial charge on any atom is 0.123 e. The summed E-state index contributed by atoms with van der Waals surface area (Å²) in [6, 6.07) is 12.2. The van der Waals surface area contributed by atoms with Crippen molar-refractivity contribution in [2.45, 2.75) is 6.10 Å². The molecule has 0 spiro atoms. The predicted octanol–water partition coefficient (Wildman–Crippen LogP) is 3.03. The van der Waals surface area contributed by atoms with Gasteiger partial charge in [-0.15, -0.1) is 0 Å². The number of nitrogens with two attached hydrogens (primary N) is 1. The summed E-state index contributed by atoms with van der Waals surface area (Å²) in [6.45, 7) is 0.666. The molecule has 0 atom stereocenters. The summed E-state index contributed by atoms with van der Waals surface area (Å²) in [5, 5.41) is 0. The van der Waals surface area contributed by atoms with Gasteiger partial charge in [-0.3, -0.25) is 0 Å². The quantitative estimate of drug-likeness (QED) is 0.900. The minimum atomic E-state index is -0.519. The average molecular weight is 263 g/mol.